The molecule has 1 aromatic rings. The summed E-state index contributed by atoms with van der Waals surface area (Å²) >= 11 is 4.67. The maximum absolute atomic E-state index is 5.23. The van der Waals surface area contributed by atoms with Gasteiger partial charge < -0.3 is 9.64 Å². The van der Waals surface area contributed by atoms with E-state index in [2.05, 4.69) is 36.7 Å². The summed E-state index contributed by atoms with van der Waals surface area (Å²) in [5, 5.41) is 0. The molecule has 0 unspecified atom stereocenters. The van der Waals surface area contributed by atoms with Gasteiger partial charge in [0.15, 0.2) is 0 Å². The molecule has 0 radical (unpaired) electrons. The van der Waals surface area contributed by atoms with Crippen molar-refractivity contribution >= 4 is 18.3 Å². The summed E-state index contributed by atoms with van der Waals surface area (Å²) in [5.74, 6) is 1.91. The van der Waals surface area contributed by atoms with E-state index in [9.17, 15) is 0 Å². The van der Waals surface area contributed by atoms with Gasteiger partial charge >= 0.3 is 0 Å². The van der Waals surface area contributed by atoms with Crippen LogP contribution in [-0.4, -0.2) is 26.5 Å². The number of anilines is 1. The van der Waals surface area contributed by atoms with Gasteiger partial charge in [0.1, 0.15) is 5.75 Å². The van der Waals surface area contributed by atoms with Crippen LogP contribution in [0.1, 0.15) is 38.5 Å². The summed E-state index contributed by atoms with van der Waals surface area (Å²) in [6, 6.07) is 8.35. The molecule has 0 heterocycles. The molecule has 1 saturated carbocycles. The third kappa shape index (κ3) is 3.85. The maximum atomic E-state index is 5.23. The molecule has 0 spiro atoms. The second-order valence-electron chi connectivity index (χ2n) is 6.13. The predicted molar refractivity (Wildman–Crippen MR) is 90.3 cm³/mol. The summed E-state index contributed by atoms with van der Waals surface area (Å²) in [6.07, 6.45) is 8.13. The Labute approximate surface area is 128 Å². The molecule has 0 bridgehead atoms. The van der Waals surface area contributed by atoms with Crippen LogP contribution in [-0.2, 0) is 0 Å². The molecule has 1 aliphatic rings. The van der Waals surface area contributed by atoms with E-state index in [-0.39, 0.29) is 0 Å². The van der Waals surface area contributed by atoms with Crippen molar-refractivity contribution in [3.8, 4) is 5.75 Å². The standard InChI is InChI=1S/C17H27NOS/c1-18(15-7-9-16(19-2)10-8-15)13-17(14-20)11-5-3-4-6-12-17/h7-10,20H,3-6,11-14H2,1-2H3. The largest absolute Gasteiger partial charge is 0.497 e. The van der Waals surface area contributed by atoms with Crippen molar-refractivity contribution in [2.24, 2.45) is 5.41 Å². The number of rotatable bonds is 5. The van der Waals surface area contributed by atoms with Gasteiger partial charge in [0.2, 0.25) is 0 Å². The van der Waals surface area contributed by atoms with Crippen LogP contribution in [0.25, 0.3) is 0 Å². The molecule has 1 aliphatic carbocycles. The van der Waals surface area contributed by atoms with E-state index < -0.39 is 0 Å². The van der Waals surface area contributed by atoms with Crippen LogP contribution in [0.15, 0.2) is 24.3 Å². The molecule has 20 heavy (non-hydrogen) atoms. The van der Waals surface area contributed by atoms with Gasteiger partial charge in [0.25, 0.3) is 0 Å². The highest BCUT2D eigenvalue weighted by molar-refractivity contribution is 7.80. The first kappa shape index (κ1) is 15.6. The van der Waals surface area contributed by atoms with Crippen molar-refractivity contribution in [2.45, 2.75) is 38.5 Å². The predicted octanol–water partition coefficient (Wildman–Crippen LogP) is 4.40. The van der Waals surface area contributed by atoms with Crippen LogP contribution in [0.5, 0.6) is 5.75 Å². The van der Waals surface area contributed by atoms with Gasteiger partial charge in [-0.2, -0.15) is 12.6 Å². The maximum Gasteiger partial charge on any atom is 0.119 e. The quantitative estimate of drug-likeness (QED) is 0.638. The van der Waals surface area contributed by atoms with Crippen LogP contribution in [0, 0.1) is 5.41 Å². The van der Waals surface area contributed by atoms with Crippen molar-refractivity contribution < 1.29 is 4.74 Å². The molecule has 3 heteroatoms. The van der Waals surface area contributed by atoms with E-state index in [1.807, 2.05) is 12.1 Å². The Bertz CT molecular complexity index is 396. The number of thiol groups is 1. The first-order valence-corrected chi connectivity index (χ1v) is 8.28. The molecule has 2 rings (SSSR count). The zero-order valence-corrected chi connectivity index (χ0v) is 13.7. The SMILES string of the molecule is COc1ccc(N(C)CC2(CS)CCCCCC2)cc1. The zero-order chi connectivity index (χ0) is 14.4. The zero-order valence-electron chi connectivity index (χ0n) is 12.8. The molecule has 2 nitrogen and oxygen atoms in total. The van der Waals surface area contributed by atoms with Gasteiger partial charge in [-0.25, -0.2) is 0 Å². The minimum Gasteiger partial charge on any atom is -0.497 e. The Balaban J connectivity index is 2.05. The van der Waals surface area contributed by atoms with Crippen molar-refractivity contribution in [3.63, 3.8) is 0 Å². The number of benzene rings is 1. The van der Waals surface area contributed by atoms with E-state index in [0.29, 0.717) is 5.41 Å². The highest BCUT2D eigenvalue weighted by Crippen LogP contribution is 2.37. The number of ether oxygens (including phenoxy) is 1. The Kier molecular flexibility index (Phi) is 5.64. The molecule has 0 atom stereocenters. The van der Waals surface area contributed by atoms with Gasteiger partial charge in [-0.05, 0) is 48.3 Å². The van der Waals surface area contributed by atoms with E-state index in [4.69, 9.17) is 4.74 Å². The highest BCUT2D eigenvalue weighted by Gasteiger charge is 2.30. The fourth-order valence-corrected chi connectivity index (χ4v) is 3.69. The van der Waals surface area contributed by atoms with Gasteiger partial charge in [-0.15, -0.1) is 0 Å². The Hall–Kier alpha value is -0.830. The number of nitrogens with zero attached hydrogens (tertiary/aromatic N) is 1. The molecule has 0 saturated heterocycles. The average Bonchev–Trinajstić information content (AvgIpc) is 2.73. The Morgan fingerprint density at radius 2 is 1.70 bits per heavy atom. The van der Waals surface area contributed by atoms with Crippen molar-refractivity contribution in [2.75, 3.05) is 31.4 Å². The summed E-state index contributed by atoms with van der Waals surface area (Å²) in [4.78, 5) is 2.38. The molecule has 0 aliphatic heterocycles. The number of hydrogen-bond acceptors (Lipinski definition) is 3. The minimum atomic E-state index is 0.383. The highest BCUT2D eigenvalue weighted by atomic mass is 32.1. The lowest BCUT2D eigenvalue weighted by Gasteiger charge is -2.36. The van der Waals surface area contributed by atoms with Gasteiger partial charge in [-0.3, -0.25) is 0 Å². The second kappa shape index (κ2) is 7.26. The summed E-state index contributed by atoms with van der Waals surface area (Å²) < 4.78 is 5.23. The normalized spacial score (nSPS) is 18.4. The van der Waals surface area contributed by atoms with Crippen LogP contribution < -0.4 is 9.64 Å². The average molecular weight is 293 g/mol. The van der Waals surface area contributed by atoms with Crippen LogP contribution in [0.3, 0.4) is 0 Å². The van der Waals surface area contributed by atoms with Gasteiger partial charge in [0.05, 0.1) is 7.11 Å². The first-order chi connectivity index (χ1) is 9.69. The fourth-order valence-electron chi connectivity index (χ4n) is 3.28. The lowest BCUT2D eigenvalue weighted by molar-refractivity contribution is 0.293. The van der Waals surface area contributed by atoms with E-state index >= 15 is 0 Å². The van der Waals surface area contributed by atoms with Gasteiger partial charge in [0, 0.05) is 19.3 Å². The van der Waals surface area contributed by atoms with E-state index in [1.165, 1.54) is 44.2 Å². The molecule has 0 amide bonds. The summed E-state index contributed by atoms with van der Waals surface area (Å²) in [6.45, 7) is 1.10. The van der Waals surface area contributed by atoms with Crippen molar-refractivity contribution in [1.29, 1.82) is 0 Å². The molecule has 1 aromatic carbocycles. The topological polar surface area (TPSA) is 12.5 Å². The lowest BCUT2D eigenvalue weighted by atomic mass is 9.81. The second-order valence-corrected chi connectivity index (χ2v) is 6.44. The van der Waals surface area contributed by atoms with Crippen molar-refractivity contribution in [1.82, 2.24) is 0 Å². The third-order valence-corrected chi connectivity index (χ3v) is 5.26. The summed E-state index contributed by atoms with van der Waals surface area (Å²) in [7, 11) is 3.90. The number of methoxy groups -OCH3 is 1. The molecule has 1 fully saturated rings. The fraction of sp³-hybridized carbons (Fsp3) is 0.647. The first-order valence-electron chi connectivity index (χ1n) is 7.65. The molecule has 0 aromatic heterocycles. The molecular formula is C17H27NOS. The lowest BCUT2D eigenvalue weighted by Crippen LogP contribution is -2.37. The van der Waals surface area contributed by atoms with Crippen LogP contribution >= 0.6 is 12.6 Å². The Morgan fingerprint density at radius 3 is 2.20 bits per heavy atom. The summed E-state index contributed by atoms with van der Waals surface area (Å²) in [5.41, 5.74) is 1.64. The van der Waals surface area contributed by atoms with Crippen LogP contribution in [0.2, 0.25) is 0 Å². The van der Waals surface area contributed by atoms with Gasteiger partial charge in [-0.1, -0.05) is 25.7 Å². The van der Waals surface area contributed by atoms with E-state index in [0.717, 1.165) is 18.0 Å². The minimum absolute atomic E-state index is 0.383. The van der Waals surface area contributed by atoms with Crippen molar-refractivity contribution in [3.05, 3.63) is 24.3 Å². The Morgan fingerprint density at radius 1 is 1.10 bits per heavy atom. The molecular weight excluding hydrogens is 266 g/mol. The molecule has 0 N–H and O–H groups in total. The molecule has 112 valence electrons. The smallest absolute Gasteiger partial charge is 0.119 e. The monoisotopic (exact) mass is 293 g/mol. The van der Waals surface area contributed by atoms with Crippen LogP contribution in [0.4, 0.5) is 5.69 Å². The van der Waals surface area contributed by atoms with E-state index in [1.54, 1.807) is 7.11 Å². The number of hydrogen-bond donors (Lipinski definition) is 1. The third-order valence-electron chi connectivity index (χ3n) is 4.59.